The first-order valence-corrected chi connectivity index (χ1v) is 6.31. The molecule has 1 aromatic heterocycles. The molecule has 0 radical (unpaired) electrons. The van der Waals surface area contributed by atoms with Gasteiger partial charge in [0.1, 0.15) is 11.4 Å². The minimum absolute atomic E-state index is 0.180. The van der Waals surface area contributed by atoms with Crippen LogP contribution in [-0.4, -0.2) is 20.3 Å². The molecule has 0 unspecified atom stereocenters. The molecule has 20 heavy (non-hydrogen) atoms. The van der Waals surface area contributed by atoms with Gasteiger partial charge in [0.2, 0.25) is 0 Å². The van der Waals surface area contributed by atoms with E-state index in [0.717, 1.165) is 11.3 Å². The number of hydrogen-bond donors (Lipinski definition) is 1. The summed E-state index contributed by atoms with van der Waals surface area (Å²) in [4.78, 5) is 4.48. The SMILES string of the molecule is Cc1nc(-c2ccccc2)nnc1-c1ccccc1O. The first kappa shape index (κ1) is 12.3. The second-order valence-electron chi connectivity index (χ2n) is 4.45. The number of aromatic nitrogens is 3. The van der Waals surface area contributed by atoms with Crippen LogP contribution >= 0.6 is 0 Å². The summed E-state index contributed by atoms with van der Waals surface area (Å²) < 4.78 is 0. The van der Waals surface area contributed by atoms with Gasteiger partial charge < -0.3 is 5.11 Å². The van der Waals surface area contributed by atoms with E-state index in [1.807, 2.05) is 43.3 Å². The Labute approximate surface area is 116 Å². The largest absolute Gasteiger partial charge is 0.507 e. The highest BCUT2D eigenvalue weighted by atomic mass is 16.3. The molecule has 4 heteroatoms. The second-order valence-corrected chi connectivity index (χ2v) is 4.45. The lowest BCUT2D eigenvalue weighted by Gasteiger charge is -2.07. The summed E-state index contributed by atoms with van der Waals surface area (Å²) in [5.41, 5.74) is 2.90. The monoisotopic (exact) mass is 263 g/mol. The molecular weight excluding hydrogens is 250 g/mol. The molecular formula is C16H13N3O. The van der Waals surface area contributed by atoms with Crippen LogP contribution in [-0.2, 0) is 0 Å². The fourth-order valence-corrected chi connectivity index (χ4v) is 2.04. The lowest BCUT2D eigenvalue weighted by Crippen LogP contribution is -1.99. The van der Waals surface area contributed by atoms with Crippen molar-refractivity contribution < 1.29 is 5.11 Å². The maximum atomic E-state index is 9.88. The predicted octanol–water partition coefficient (Wildman–Crippen LogP) is 3.22. The predicted molar refractivity (Wildman–Crippen MR) is 77.1 cm³/mol. The lowest BCUT2D eigenvalue weighted by atomic mass is 10.1. The fourth-order valence-electron chi connectivity index (χ4n) is 2.04. The molecule has 3 rings (SSSR count). The van der Waals surface area contributed by atoms with Crippen molar-refractivity contribution >= 4 is 0 Å². The molecule has 0 spiro atoms. The highest BCUT2D eigenvalue weighted by molar-refractivity contribution is 5.68. The zero-order valence-electron chi connectivity index (χ0n) is 11.0. The molecule has 4 nitrogen and oxygen atoms in total. The molecule has 3 aromatic rings. The van der Waals surface area contributed by atoms with E-state index in [4.69, 9.17) is 0 Å². The highest BCUT2D eigenvalue weighted by Gasteiger charge is 2.11. The number of benzene rings is 2. The molecule has 0 aliphatic heterocycles. The van der Waals surface area contributed by atoms with E-state index in [9.17, 15) is 5.11 Å². The average Bonchev–Trinajstić information content (AvgIpc) is 2.49. The van der Waals surface area contributed by atoms with Gasteiger partial charge in [0, 0.05) is 11.1 Å². The summed E-state index contributed by atoms with van der Waals surface area (Å²) in [6, 6.07) is 16.7. The zero-order valence-corrected chi connectivity index (χ0v) is 11.0. The van der Waals surface area contributed by atoms with E-state index in [0.29, 0.717) is 17.1 Å². The van der Waals surface area contributed by atoms with Crippen LogP contribution in [0.3, 0.4) is 0 Å². The summed E-state index contributed by atoms with van der Waals surface area (Å²) >= 11 is 0. The normalized spacial score (nSPS) is 10.4. The van der Waals surface area contributed by atoms with Gasteiger partial charge in [-0.2, -0.15) is 0 Å². The van der Waals surface area contributed by atoms with Crippen LogP contribution in [0.15, 0.2) is 54.6 Å². The third-order valence-electron chi connectivity index (χ3n) is 3.05. The molecule has 1 heterocycles. The zero-order chi connectivity index (χ0) is 13.9. The quantitative estimate of drug-likeness (QED) is 0.771. The van der Waals surface area contributed by atoms with Gasteiger partial charge in [-0.15, -0.1) is 10.2 Å². The van der Waals surface area contributed by atoms with Crippen molar-refractivity contribution in [1.82, 2.24) is 15.2 Å². The Hall–Kier alpha value is -2.75. The Bertz CT molecular complexity index is 742. The fraction of sp³-hybridized carbons (Fsp3) is 0.0625. The van der Waals surface area contributed by atoms with Crippen LogP contribution in [0.1, 0.15) is 5.69 Å². The van der Waals surface area contributed by atoms with Crippen molar-refractivity contribution in [3.8, 4) is 28.4 Å². The van der Waals surface area contributed by atoms with Gasteiger partial charge in [-0.05, 0) is 19.1 Å². The number of aromatic hydroxyl groups is 1. The van der Waals surface area contributed by atoms with Crippen LogP contribution in [0, 0.1) is 6.92 Å². The third kappa shape index (κ3) is 2.23. The molecule has 0 amide bonds. The standard InChI is InChI=1S/C16H13N3O/c1-11-15(13-9-5-6-10-14(13)20)18-19-16(17-11)12-7-3-2-4-8-12/h2-10,20H,1H3. The second kappa shape index (κ2) is 5.09. The molecule has 2 aromatic carbocycles. The Morgan fingerprint density at radius 1 is 0.850 bits per heavy atom. The van der Waals surface area contributed by atoms with Crippen LogP contribution in [0.2, 0.25) is 0 Å². The first-order chi connectivity index (χ1) is 9.75. The smallest absolute Gasteiger partial charge is 0.182 e. The Morgan fingerprint density at radius 3 is 2.25 bits per heavy atom. The van der Waals surface area contributed by atoms with Gasteiger partial charge in [-0.3, -0.25) is 0 Å². The van der Waals surface area contributed by atoms with Crippen LogP contribution in [0.25, 0.3) is 22.6 Å². The van der Waals surface area contributed by atoms with Crippen LogP contribution in [0.4, 0.5) is 0 Å². The van der Waals surface area contributed by atoms with Crippen molar-refractivity contribution in [3.63, 3.8) is 0 Å². The average molecular weight is 263 g/mol. The topological polar surface area (TPSA) is 58.9 Å². The molecule has 0 fully saturated rings. The Balaban J connectivity index is 2.07. The van der Waals surface area contributed by atoms with Gasteiger partial charge in [-0.1, -0.05) is 42.5 Å². The molecule has 0 bridgehead atoms. The van der Waals surface area contributed by atoms with Crippen molar-refractivity contribution in [2.45, 2.75) is 6.92 Å². The van der Waals surface area contributed by atoms with Gasteiger partial charge in [-0.25, -0.2) is 4.98 Å². The Kier molecular flexibility index (Phi) is 3.13. The van der Waals surface area contributed by atoms with Gasteiger partial charge in [0.25, 0.3) is 0 Å². The van der Waals surface area contributed by atoms with E-state index < -0.39 is 0 Å². The minimum Gasteiger partial charge on any atom is -0.507 e. The number of nitrogens with zero attached hydrogens (tertiary/aromatic N) is 3. The van der Waals surface area contributed by atoms with Crippen molar-refractivity contribution in [1.29, 1.82) is 0 Å². The maximum Gasteiger partial charge on any atom is 0.182 e. The molecule has 0 aliphatic rings. The number of para-hydroxylation sites is 1. The molecule has 0 atom stereocenters. The molecule has 1 N–H and O–H groups in total. The van der Waals surface area contributed by atoms with Crippen LogP contribution < -0.4 is 0 Å². The van der Waals surface area contributed by atoms with Crippen LogP contribution in [0.5, 0.6) is 5.75 Å². The van der Waals surface area contributed by atoms with E-state index in [1.54, 1.807) is 18.2 Å². The van der Waals surface area contributed by atoms with Crippen molar-refractivity contribution in [3.05, 3.63) is 60.3 Å². The lowest BCUT2D eigenvalue weighted by molar-refractivity contribution is 0.477. The number of phenolic OH excluding ortho intramolecular Hbond substituents is 1. The summed E-state index contributed by atoms with van der Waals surface area (Å²) in [6.45, 7) is 1.86. The van der Waals surface area contributed by atoms with Gasteiger partial charge >= 0.3 is 0 Å². The third-order valence-corrected chi connectivity index (χ3v) is 3.05. The van der Waals surface area contributed by atoms with Gasteiger partial charge in [0.05, 0.1) is 5.69 Å². The van der Waals surface area contributed by atoms with Crippen molar-refractivity contribution in [2.75, 3.05) is 0 Å². The minimum atomic E-state index is 0.180. The number of phenols is 1. The Morgan fingerprint density at radius 2 is 1.55 bits per heavy atom. The van der Waals surface area contributed by atoms with Gasteiger partial charge in [0.15, 0.2) is 5.82 Å². The molecule has 0 saturated heterocycles. The van der Waals surface area contributed by atoms with E-state index in [2.05, 4.69) is 15.2 Å². The molecule has 0 saturated carbocycles. The summed E-state index contributed by atoms with van der Waals surface area (Å²) in [7, 11) is 0. The van der Waals surface area contributed by atoms with E-state index >= 15 is 0 Å². The van der Waals surface area contributed by atoms with E-state index in [1.165, 1.54) is 0 Å². The van der Waals surface area contributed by atoms with E-state index in [-0.39, 0.29) is 5.75 Å². The molecule has 98 valence electrons. The number of hydrogen-bond acceptors (Lipinski definition) is 4. The maximum absolute atomic E-state index is 9.88. The molecule has 0 aliphatic carbocycles. The highest BCUT2D eigenvalue weighted by Crippen LogP contribution is 2.28. The number of rotatable bonds is 2. The van der Waals surface area contributed by atoms with Crippen molar-refractivity contribution in [2.24, 2.45) is 0 Å². The summed E-state index contributed by atoms with van der Waals surface area (Å²) in [5, 5.41) is 18.2. The summed E-state index contributed by atoms with van der Waals surface area (Å²) in [5.74, 6) is 0.765. The summed E-state index contributed by atoms with van der Waals surface area (Å²) in [6.07, 6.45) is 0. The number of aryl methyl sites for hydroxylation is 1. The first-order valence-electron chi connectivity index (χ1n) is 6.31.